The first-order valence-corrected chi connectivity index (χ1v) is 10.8. The molecule has 0 aromatic heterocycles. The summed E-state index contributed by atoms with van der Waals surface area (Å²) >= 11 is 0. The van der Waals surface area contributed by atoms with Crippen molar-refractivity contribution in [1.29, 1.82) is 0 Å². The van der Waals surface area contributed by atoms with Crippen LogP contribution in [0.15, 0.2) is 57.8 Å². The molecule has 0 radical (unpaired) electrons. The number of carbonyl (C=O) groups excluding carboxylic acids is 1. The molecule has 2 aromatic rings. The van der Waals surface area contributed by atoms with Gasteiger partial charge in [-0.3, -0.25) is 4.79 Å². The molecule has 0 aliphatic carbocycles. The summed E-state index contributed by atoms with van der Waals surface area (Å²) in [6.45, 7) is 4.99. The van der Waals surface area contributed by atoms with E-state index in [0.29, 0.717) is 29.4 Å². The van der Waals surface area contributed by atoms with Crippen LogP contribution in [0.4, 0.5) is 5.69 Å². The van der Waals surface area contributed by atoms with Gasteiger partial charge in [-0.15, -0.1) is 4.40 Å². The van der Waals surface area contributed by atoms with Gasteiger partial charge in [0.2, 0.25) is 0 Å². The molecule has 1 fully saturated rings. The third kappa shape index (κ3) is 4.59. The minimum absolute atomic E-state index is 0.0632. The van der Waals surface area contributed by atoms with Crippen LogP contribution in [0.25, 0.3) is 0 Å². The summed E-state index contributed by atoms with van der Waals surface area (Å²) in [4.78, 5) is 14.4. The monoisotopic (exact) mass is 399 g/mol. The van der Waals surface area contributed by atoms with E-state index in [1.54, 1.807) is 24.3 Å². The number of hydrogen-bond acceptors (Lipinski definition) is 3. The van der Waals surface area contributed by atoms with Crippen molar-refractivity contribution in [3.8, 4) is 0 Å². The van der Waals surface area contributed by atoms with Gasteiger partial charge in [0, 0.05) is 31.3 Å². The van der Waals surface area contributed by atoms with Crippen LogP contribution in [0.2, 0.25) is 0 Å². The van der Waals surface area contributed by atoms with Crippen LogP contribution in [0.5, 0.6) is 0 Å². The van der Waals surface area contributed by atoms with Gasteiger partial charge < -0.3 is 10.2 Å². The summed E-state index contributed by atoms with van der Waals surface area (Å²) in [6.07, 6.45) is 1.55. The number of hydrogen-bond donors (Lipinski definition) is 1. The van der Waals surface area contributed by atoms with Crippen LogP contribution in [-0.2, 0) is 10.0 Å². The molecule has 148 valence electrons. The molecular weight excluding hydrogens is 374 g/mol. The average Bonchev–Trinajstić information content (AvgIpc) is 3.06. The van der Waals surface area contributed by atoms with Crippen molar-refractivity contribution >= 4 is 27.5 Å². The number of nitrogens with zero attached hydrogens (tertiary/aromatic N) is 2. The molecule has 0 spiro atoms. The Labute approximate surface area is 166 Å². The molecular formula is C21H25N3O3S. The summed E-state index contributed by atoms with van der Waals surface area (Å²) < 4.78 is 29.2. The van der Waals surface area contributed by atoms with Gasteiger partial charge in [-0.05, 0) is 48.2 Å². The molecule has 1 amide bonds. The van der Waals surface area contributed by atoms with E-state index in [0.717, 1.165) is 18.5 Å². The predicted octanol–water partition coefficient (Wildman–Crippen LogP) is 3.88. The van der Waals surface area contributed by atoms with Crippen LogP contribution < -0.4 is 5.32 Å². The van der Waals surface area contributed by atoms with Gasteiger partial charge in [-0.25, -0.2) is 0 Å². The second kappa shape index (κ2) is 8.14. The van der Waals surface area contributed by atoms with E-state index >= 15 is 0 Å². The molecule has 1 aliphatic rings. The van der Waals surface area contributed by atoms with Crippen LogP contribution in [0, 0.1) is 0 Å². The lowest BCUT2D eigenvalue weighted by Crippen LogP contribution is -2.20. The van der Waals surface area contributed by atoms with Crippen molar-refractivity contribution in [2.24, 2.45) is 4.40 Å². The maximum atomic E-state index is 12.6. The van der Waals surface area contributed by atoms with Crippen LogP contribution in [0.1, 0.15) is 48.5 Å². The zero-order valence-corrected chi connectivity index (χ0v) is 17.2. The zero-order valence-electron chi connectivity index (χ0n) is 16.3. The number of likely N-dealkylation sites (tertiary alicyclic amines) is 1. The van der Waals surface area contributed by atoms with Crippen molar-refractivity contribution in [1.82, 2.24) is 4.90 Å². The summed E-state index contributed by atoms with van der Waals surface area (Å²) in [5, 5.41) is 2.76. The minimum Gasteiger partial charge on any atom is -0.362 e. The van der Waals surface area contributed by atoms with E-state index in [2.05, 4.69) is 23.6 Å². The SMILES string of the molecule is CC(C)c1ccc(C(=O)Nc2cccc(S(=O)(=O)N=C3CCCN3C)c2)cc1. The molecule has 1 N–H and O–H groups in total. The second-order valence-corrected chi connectivity index (χ2v) is 8.87. The van der Waals surface area contributed by atoms with Crippen molar-refractivity contribution in [2.75, 3.05) is 18.9 Å². The second-order valence-electron chi connectivity index (χ2n) is 7.27. The molecule has 0 saturated carbocycles. The number of carbonyl (C=O) groups is 1. The lowest BCUT2D eigenvalue weighted by atomic mass is 10.0. The topological polar surface area (TPSA) is 78.8 Å². The van der Waals surface area contributed by atoms with Crippen molar-refractivity contribution in [2.45, 2.75) is 37.5 Å². The highest BCUT2D eigenvalue weighted by Crippen LogP contribution is 2.21. The summed E-state index contributed by atoms with van der Waals surface area (Å²) in [5.74, 6) is 0.672. The van der Waals surface area contributed by atoms with E-state index in [4.69, 9.17) is 0 Å². The van der Waals surface area contributed by atoms with Gasteiger partial charge >= 0.3 is 0 Å². The quantitative estimate of drug-likeness (QED) is 0.828. The van der Waals surface area contributed by atoms with Gasteiger partial charge in [0.05, 0.1) is 4.90 Å². The molecule has 0 unspecified atom stereocenters. The van der Waals surface area contributed by atoms with Crippen molar-refractivity contribution < 1.29 is 13.2 Å². The summed E-state index contributed by atoms with van der Waals surface area (Å²) in [7, 11) is -1.98. The lowest BCUT2D eigenvalue weighted by Gasteiger charge is -2.11. The first-order valence-electron chi connectivity index (χ1n) is 9.32. The van der Waals surface area contributed by atoms with Gasteiger partial charge in [-0.1, -0.05) is 32.0 Å². The largest absolute Gasteiger partial charge is 0.362 e. The number of amides is 1. The predicted molar refractivity (Wildman–Crippen MR) is 111 cm³/mol. The first-order chi connectivity index (χ1) is 13.3. The fraction of sp³-hybridized carbons (Fsp3) is 0.333. The van der Waals surface area contributed by atoms with E-state index in [9.17, 15) is 13.2 Å². The Morgan fingerprint density at radius 1 is 1.14 bits per heavy atom. The molecule has 0 atom stereocenters. The van der Waals surface area contributed by atoms with E-state index in [-0.39, 0.29) is 10.8 Å². The van der Waals surface area contributed by atoms with Crippen LogP contribution in [0.3, 0.4) is 0 Å². The smallest absolute Gasteiger partial charge is 0.284 e. The van der Waals surface area contributed by atoms with E-state index in [1.165, 1.54) is 12.1 Å². The number of amidine groups is 1. The Kier molecular flexibility index (Phi) is 5.84. The third-order valence-corrected chi connectivity index (χ3v) is 6.09. The van der Waals surface area contributed by atoms with Crippen molar-refractivity contribution in [3.63, 3.8) is 0 Å². The van der Waals surface area contributed by atoms with Crippen LogP contribution in [-0.4, -0.2) is 38.7 Å². The fourth-order valence-corrected chi connectivity index (χ4v) is 4.20. The van der Waals surface area contributed by atoms with Gasteiger partial charge in [0.1, 0.15) is 5.84 Å². The number of benzene rings is 2. The maximum Gasteiger partial charge on any atom is 0.284 e. The molecule has 7 heteroatoms. The number of rotatable bonds is 5. The number of sulfonamides is 1. The minimum atomic E-state index is -3.82. The molecule has 28 heavy (non-hydrogen) atoms. The first kappa shape index (κ1) is 20.1. The maximum absolute atomic E-state index is 12.6. The van der Waals surface area contributed by atoms with Gasteiger partial charge in [0.15, 0.2) is 0 Å². The Balaban J connectivity index is 1.78. The van der Waals surface area contributed by atoms with E-state index in [1.807, 2.05) is 24.1 Å². The standard InChI is InChI=1S/C21H25N3O3S/c1-15(2)16-9-11-17(12-10-16)21(25)22-18-6-4-7-19(14-18)28(26,27)23-20-8-5-13-24(20)3/h4,6-7,9-12,14-15H,5,8,13H2,1-3H3,(H,22,25). The molecule has 0 bridgehead atoms. The zero-order chi connectivity index (χ0) is 20.3. The molecule has 1 saturated heterocycles. The average molecular weight is 400 g/mol. The highest BCUT2D eigenvalue weighted by atomic mass is 32.2. The summed E-state index contributed by atoms with van der Waals surface area (Å²) in [5.41, 5.74) is 2.09. The fourth-order valence-electron chi connectivity index (χ4n) is 3.06. The Morgan fingerprint density at radius 3 is 2.46 bits per heavy atom. The number of anilines is 1. The molecule has 3 rings (SSSR count). The third-order valence-electron chi connectivity index (χ3n) is 4.79. The van der Waals surface area contributed by atoms with Crippen LogP contribution >= 0.6 is 0 Å². The van der Waals surface area contributed by atoms with E-state index < -0.39 is 10.0 Å². The van der Waals surface area contributed by atoms with Gasteiger partial charge in [0.25, 0.3) is 15.9 Å². The molecule has 1 aliphatic heterocycles. The number of nitrogens with one attached hydrogen (secondary N) is 1. The highest BCUT2D eigenvalue weighted by molar-refractivity contribution is 7.90. The molecule has 1 heterocycles. The van der Waals surface area contributed by atoms with Crippen molar-refractivity contribution in [3.05, 3.63) is 59.7 Å². The Hall–Kier alpha value is -2.67. The molecule has 2 aromatic carbocycles. The van der Waals surface area contributed by atoms with Gasteiger partial charge in [-0.2, -0.15) is 8.42 Å². The Bertz CT molecular complexity index is 996. The highest BCUT2D eigenvalue weighted by Gasteiger charge is 2.20. The Morgan fingerprint density at radius 2 is 1.86 bits per heavy atom. The normalized spacial score (nSPS) is 16.0. The lowest BCUT2D eigenvalue weighted by molar-refractivity contribution is 0.102. The molecule has 6 nitrogen and oxygen atoms in total. The summed E-state index contributed by atoms with van der Waals surface area (Å²) in [6, 6.07) is 13.6.